The molecule has 0 N–H and O–H groups in total. The Labute approximate surface area is 121 Å². The maximum absolute atomic E-state index is 9.75. The van der Waals surface area contributed by atoms with E-state index in [4.69, 9.17) is 0 Å². The molecule has 0 aromatic rings. The Bertz CT molecular complexity index is 224. The van der Waals surface area contributed by atoms with Crippen molar-refractivity contribution in [2.75, 3.05) is 6.16 Å². The second-order valence-electron chi connectivity index (χ2n) is 5.82. The molecule has 0 spiro atoms. The third-order valence-corrected chi connectivity index (χ3v) is 7.77. The summed E-state index contributed by atoms with van der Waals surface area (Å²) in [4.78, 5) is 0. The highest BCUT2D eigenvalue weighted by Gasteiger charge is 2.29. The van der Waals surface area contributed by atoms with Crippen molar-refractivity contribution in [3.05, 3.63) is 6.92 Å². The van der Waals surface area contributed by atoms with Crippen LogP contribution in [0.15, 0.2) is 0 Å². The Morgan fingerprint density at radius 1 is 0.750 bits per heavy atom. The minimum absolute atomic E-state index is 0.294. The van der Waals surface area contributed by atoms with Crippen LogP contribution in [0.4, 0.5) is 17.3 Å². The van der Waals surface area contributed by atoms with Gasteiger partial charge in [0.15, 0.2) is 0 Å². The van der Waals surface area contributed by atoms with Crippen LogP contribution in [-0.2, 0) is 0 Å². The van der Waals surface area contributed by atoms with Crippen LogP contribution in [0.2, 0.25) is 0 Å². The number of rotatable bonds is 3. The van der Waals surface area contributed by atoms with Gasteiger partial charge in [-0.1, -0.05) is 38.5 Å². The smallest absolute Gasteiger partial charge is 0.418 e. The Morgan fingerprint density at radius 3 is 1.30 bits per heavy atom. The van der Waals surface area contributed by atoms with Gasteiger partial charge in [-0.15, -0.1) is 7.92 Å². The van der Waals surface area contributed by atoms with Crippen molar-refractivity contribution in [2.45, 2.75) is 75.5 Å². The fraction of sp³-hybridized carbons (Fsp3) is 0.929. The van der Waals surface area contributed by atoms with Crippen LogP contribution in [0.25, 0.3) is 0 Å². The standard InChI is InChI=1S/C14H26P.BF4/c1-2-15(13-9-5-3-6-10-13)14-11-7-4-8-12-14;2-1(3,4)5/h13-14H,1-12H2;/q;-1. The van der Waals surface area contributed by atoms with Gasteiger partial charge in [-0.25, -0.2) is 0 Å². The second-order valence-corrected chi connectivity index (χ2v) is 8.75. The minimum atomic E-state index is -6.00. The van der Waals surface area contributed by atoms with E-state index in [1.54, 1.807) is 0 Å². The lowest BCUT2D eigenvalue weighted by Crippen LogP contribution is -2.21. The third-order valence-electron chi connectivity index (χ3n) is 4.35. The van der Waals surface area contributed by atoms with Crippen LogP contribution >= 0.6 is 7.92 Å². The molecule has 2 aliphatic carbocycles. The van der Waals surface area contributed by atoms with E-state index in [-0.39, 0.29) is 0 Å². The summed E-state index contributed by atoms with van der Waals surface area (Å²) in [7, 11) is -5.71. The topological polar surface area (TPSA) is 0 Å². The fourth-order valence-electron chi connectivity index (χ4n) is 3.49. The molecule has 2 rings (SSSR count). The zero-order valence-electron chi connectivity index (χ0n) is 12.2. The van der Waals surface area contributed by atoms with E-state index in [1.807, 2.05) is 0 Å². The molecule has 0 heterocycles. The highest BCUT2D eigenvalue weighted by Crippen LogP contribution is 2.55. The van der Waals surface area contributed by atoms with Crippen molar-refractivity contribution < 1.29 is 17.3 Å². The fourth-order valence-corrected chi connectivity index (χ4v) is 6.87. The molecular weight excluding hydrogens is 286 g/mol. The van der Waals surface area contributed by atoms with Crippen LogP contribution in [0.3, 0.4) is 0 Å². The normalized spacial score (nSPS) is 22.5. The van der Waals surface area contributed by atoms with E-state index >= 15 is 0 Å². The van der Waals surface area contributed by atoms with Gasteiger partial charge < -0.3 is 17.3 Å². The highest BCUT2D eigenvalue weighted by atomic mass is 31.1. The van der Waals surface area contributed by atoms with E-state index in [0.717, 1.165) is 11.3 Å². The summed E-state index contributed by atoms with van der Waals surface area (Å²) in [6.07, 6.45) is 16.5. The van der Waals surface area contributed by atoms with Gasteiger partial charge in [-0.3, -0.25) is 0 Å². The minimum Gasteiger partial charge on any atom is -0.418 e. The molecule has 6 heteroatoms. The Balaban J connectivity index is 0.000000347. The summed E-state index contributed by atoms with van der Waals surface area (Å²) in [6.45, 7) is 4.27. The maximum Gasteiger partial charge on any atom is 0.673 e. The summed E-state index contributed by atoms with van der Waals surface area (Å²) in [6, 6.07) is 0. The molecule has 0 unspecified atom stereocenters. The van der Waals surface area contributed by atoms with Crippen molar-refractivity contribution in [3.63, 3.8) is 0 Å². The third kappa shape index (κ3) is 7.85. The van der Waals surface area contributed by atoms with E-state index in [1.165, 1.54) is 70.4 Å². The van der Waals surface area contributed by atoms with Crippen molar-refractivity contribution in [1.82, 2.24) is 0 Å². The molecule has 2 saturated carbocycles. The number of hydrogen-bond donors (Lipinski definition) is 0. The predicted molar refractivity (Wildman–Crippen MR) is 81.1 cm³/mol. The van der Waals surface area contributed by atoms with Crippen molar-refractivity contribution in [1.29, 1.82) is 0 Å². The van der Waals surface area contributed by atoms with Gasteiger partial charge in [0.2, 0.25) is 0 Å². The molecule has 0 aliphatic heterocycles. The van der Waals surface area contributed by atoms with E-state index in [2.05, 4.69) is 6.92 Å². The highest BCUT2D eigenvalue weighted by molar-refractivity contribution is 7.59. The van der Waals surface area contributed by atoms with Gasteiger partial charge in [0.25, 0.3) is 0 Å². The van der Waals surface area contributed by atoms with Crippen LogP contribution in [0.1, 0.15) is 64.2 Å². The van der Waals surface area contributed by atoms with Crippen molar-refractivity contribution >= 4 is 15.2 Å². The lowest BCUT2D eigenvalue weighted by atomic mass is 9.99. The average molecular weight is 312 g/mol. The monoisotopic (exact) mass is 312 g/mol. The van der Waals surface area contributed by atoms with Gasteiger partial charge in [-0.05, 0) is 50.1 Å². The van der Waals surface area contributed by atoms with Gasteiger partial charge in [0, 0.05) is 0 Å². The molecule has 0 saturated heterocycles. The molecule has 0 atom stereocenters. The summed E-state index contributed by atoms with van der Waals surface area (Å²) in [5.74, 6) is 0. The number of hydrogen-bond acceptors (Lipinski definition) is 0. The van der Waals surface area contributed by atoms with Crippen LogP contribution in [-0.4, -0.2) is 24.7 Å². The summed E-state index contributed by atoms with van der Waals surface area (Å²) >= 11 is 0. The quantitative estimate of drug-likeness (QED) is 0.327. The molecule has 2 aliphatic rings. The molecular formula is C14H26BF4P-. The first kappa shape index (κ1) is 18.3. The van der Waals surface area contributed by atoms with Crippen LogP contribution < -0.4 is 0 Å². The summed E-state index contributed by atoms with van der Waals surface area (Å²) < 4.78 is 39.0. The molecule has 20 heavy (non-hydrogen) atoms. The molecule has 119 valence electrons. The maximum atomic E-state index is 9.75. The Kier molecular flexibility index (Phi) is 8.47. The first-order valence-electron chi connectivity index (χ1n) is 7.84. The largest absolute Gasteiger partial charge is 0.673 e. The molecule has 2 fully saturated rings. The molecule has 0 nitrogen and oxygen atoms in total. The molecule has 0 amide bonds. The zero-order chi connectivity index (χ0) is 15.0. The van der Waals surface area contributed by atoms with Crippen molar-refractivity contribution in [3.8, 4) is 0 Å². The van der Waals surface area contributed by atoms with E-state index in [0.29, 0.717) is 7.92 Å². The van der Waals surface area contributed by atoms with Gasteiger partial charge >= 0.3 is 7.25 Å². The van der Waals surface area contributed by atoms with Crippen molar-refractivity contribution in [2.24, 2.45) is 0 Å². The Morgan fingerprint density at radius 2 is 1.05 bits per heavy atom. The predicted octanol–water partition coefficient (Wildman–Crippen LogP) is 6.27. The lowest BCUT2D eigenvalue weighted by molar-refractivity contribution is 0.368. The summed E-state index contributed by atoms with van der Waals surface area (Å²) in [5, 5.41) is 0. The second kappa shape index (κ2) is 9.28. The number of halogens is 4. The lowest BCUT2D eigenvalue weighted by Gasteiger charge is -2.37. The first-order valence-corrected chi connectivity index (χ1v) is 9.50. The van der Waals surface area contributed by atoms with Crippen LogP contribution in [0.5, 0.6) is 0 Å². The molecule has 0 bridgehead atoms. The molecule has 1 radical (unpaired) electrons. The average Bonchev–Trinajstić information content (AvgIpc) is 2.40. The van der Waals surface area contributed by atoms with Gasteiger partial charge in [0.1, 0.15) is 0 Å². The Hall–Kier alpha value is 0.215. The molecule has 0 aromatic heterocycles. The van der Waals surface area contributed by atoms with E-state index in [9.17, 15) is 17.3 Å². The van der Waals surface area contributed by atoms with Crippen LogP contribution in [0, 0.1) is 6.92 Å². The van der Waals surface area contributed by atoms with E-state index < -0.39 is 7.25 Å². The SMILES string of the molecule is F[B-](F)(F)F.[CH2]CP(C1CCCCC1)C1CCCCC1. The zero-order valence-corrected chi connectivity index (χ0v) is 13.1. The van der Waals surface area contributed by atoms with Gasteiger partial charge in [0.05, 0.1) is 0 Å². The first-order chi connectivity index (χ1) is 9.42. The molecule has 0 aromatic carbocycles. The van der Waals surface area contributed by atoms with Gasteiger partial charge in [-0.2, -0.15) is 0 Å². The summed E-state index contributed by atoms with van der Waals surface area (Å²) in [5.41, 5.74) is 2.21.